The van der Waals surface area contributed by atoms with Gasteiger partial charge in [0.2, 0.25) is 0 Å². The number of esters is 2. The second-order valence-corrected chi connectivity index (χ2v) is 7.80. The van der Waals surface area contributed by atoms with Crippen LogP contribution in [0.3, 0.4) is 0 Å². The van der Waals surface area contributed by atoms with Crippen molar-refractivity contribution in [1.29, 1.82) is 0 Å². The molecule has 4 nitrogen and oxygen atoms in total. The predicted molar refractivity (Wildman–Crippen MR) is 106 cm³/mol. The fourth-order valence-corrected chi connectivity index (χ4v) is 3.33. The average Bonchev–Trinajstić information content (AvgIpc) is 2.59. The van der Waals surface area contributed by atoms with Crippen LogP contribution in [0.2, 0.25) is 25.1 Å². The van der Waals surface area contributed by atoms with E-state index in [2.05, 4.69) is 0 Å². The van der Waals surface area contributed by atoms with Gasteiger partial charge < -0.3 is 9.47 Å². The van der Waals surface area contributed by atoms with E-state index >= 15 is 0 Å². The fourth-order valence-electron chi connectivity index (χ4n) is 2.13. The molecule has 1 unspecified atom stereocenters. The van der Waals surface area contributed by atoms with Crippen LogP contribution in [0.1, 0.15) is 46.5 Å². The number of ether oxygens (including phenoxy) is 2. The summed E-state index contributed by atoms with van der Waals surface area (Å²) in [6.07, 6.45) is 0.933. The summed E-state index contributed by atoms with van der Waals surface area (Å²) >= 11 is 29.7. The quantitative estimate of drug-likeness (QED) is 0.180. The summed E-state index contributed by atoms with van der Waals surface area (Å²) < 4.78 is 10.5. The number of benzene rings is 1. The van der Waals surface area contributed by atoms with Crippen LogP contribution >= 0.6 is 58.0 Å². The largest absolute Gasteiger partial charge is 0.462 e. The van der Waals surface area contributed by atoms with Crippen LogP contribution in [0.25, 0.3) is 0 Å². The van der Waals surface area contributed by atoms with Gasteiger partial charge in [-0.05, 0) is 18.8 Å². The van der Waals surface area contributed by atoms with E-state index in [0.717, 1.165) is 6.42 Å². The van der Waals surface area contributed by atoms with Gasteiger partial charge in [0.25, 0.3) is 0 Å². The van der Waals surface area contributed by atoms with E-state index in [4.69, 9.17) is 67.5 Å². The third-order valence-corrected chi connectivity index (χ3v) is 5.82. The summed E-state index contributed by atoms with van der Waals surface area (Å²) in [5, 5.41) is -0.369. The third-order valence-electron chi connectivity index (χ3n) is 3.58. The first-order valence-electron chi connectivity index (χ1n) is 8.01. The lowest BCUT2D eigenvalue weighted by molar-refractivity contribution is -0.151. The molecule has 0 heterocycles. The van der Waals surface area contributed by atoms with Gasteiger partial charge in [0.05, 0.1) is 15.1 Å². The second-order valence-electron chi connectivity index (χ2n) is 5.91. The number of carbonyl (C=O) groups excluding carboxylic acids is 2. The van der Waals surface area contributed by atoms with Crippen LogP contribution in [0.15, 0.2) is 0 Å². The normalized spacial score (nSPS) is 12.2. The standard InChI is InChI=1S/C17H19Cl5O4/c1-4-9(8(2)3)25-10(23)6-5-7-11(24)26-17-15(21)13(19)12(18)14(20)16(17)22/h8-9H,4-7H2,1-3H3. The van der Waals surface area contributed by atoms with Gasteiger partial charge >= 0.3 is 11.9 Å². The van der Waals surface area contributed by atoms with Gasteiger partial charge in [0, 0.05) is 12.8 Å². The Bertz CT molecular complexity index is 647. The van der Waals surface area contributed by atoms with E-state index in [0.29, 0.717) is 0 Å². The lowest BCUT2D eigenvalue weighted by Gasteiger charge is -2.19. The maximum absolute atomic E-state index is 12.0. The molecule has 26 heavy (non-hydrogen) atoms. The minimum atomic E-state index is -0.632. The minimum absolute atomic E-state index is 0.0264. The van der Waals surface area contributed by atoms with Gasteiger partial charge in [0.15, 0.2) is 5.75 Å². The molecule has 0 amide bonds. The Kier molecular flexibility index (Phi) is 9.84. The number of rotatable bonds is 8. The molecule has 0 spiro atoms. The van der Waals surface area contributed by atoms with Gasteiger partial charge in [-0.15, -0.1) is 0 Å². The summed E-state index contributed by atoms with van der Waals surface area (Å²) in [7, 11) is 0. The summed E-state index contributed by atoms with van der Waals surface area (Å²) in [6.45, 7) is 5.91. The Morgan fingerprint density at radius 2 is 1.31 bits per heavy atom. The van der Waals surface area contributed by atoms with Gasteiger partial charge in [-0.2, -0.15) is 0 Å². The molecule has 0 aromatic heterocycles. The third kappa shape index (κ3) is 6.35. The van der Waals surface area contributed by atoms with E-state index < -0.39 is 5.97 Å². The second kappa shape index (κ2) is 10.8. The smallest absolute Gasteiger partial charge is 0.311 e. The van der Waals surface area contributed by atoms with Crippen LogP contribution in [0.5, 0.6) is 5.75 Å². The topological polar surface area (TPSA) is 52.6 Å². The van der Waals surface area contributed by atoms with Gasteiger partial charge in [-0.3, -0.25) is 9.59 Å². The van der Waals surface area contributed by atoms with Crippen molar-refractivity contribution < 1.29 is 19.1 Å². The van der Waals surface area contributed by atoms with Crippen LogP contribution in [-0.2, 0) is 14.3 Å². The zero-order chi connectivity index (χ0) is 20.0. The monoisotopic (exact) mass is 462 g/mol. The van der Waals surface area contributed by atoms with Crippen molar-refractivity contribution in [3.8, 4) is 5.75 Å². The molecular weight excluding hydrogens is 445 g/mol. The van der Waals surface area contributed by atoms with Crippen molar-refractivity contribution in [1.82, 2.24) is 0 Å². The maximum Gasteiger partial charge on any atom is 0.311 e. The summed E-state index contributed by atoms with van der Waals surface area (Å²) in [5.74, 6) is -0.914. The van der Waals surface area contributed by atoms with Gasteiger partial charge in [-0.1, -0.05) is 78.8 Å². The fraction of sp³-hybridized carbons (Fsp3) is 0.529. The van der Waals surface area contributed by atoms with E-state index in [1.807, 2.05) is 20.8 Å². The highest BCUT2D eigenvalue weighted by Gasteiger charge is 2.23. The molecule has 1 rings (SSSR count). The SMILES string of the molecule is CCC(OC(=O)CCCC(=O)Oc1c(Cl)c(Cl)c(Cl)c(Cl)c1Cl)C(C)C. The van der Waals surface area contributed by atoms with Crippen LogP contribution in [-0.4, -0.2) is 18.0 Å². The molecule has 0 aliphatic carbocycles. The van der Waals surface area contributed by atoms with Crippen molar-refractivity contribution in [3.63, 3.8) is 0 Å². The minimum Gasteiger partial charge on any atom is -0.462 e. The van der Waals surface area contributed by atoms with Crippen molar-refractivity contribution in [2.75, 3.05) is 0 Å². The molecule has 0 aliphatic heterocycles. The van der Waals surface area contributed by atoms with Gasteiger partial charge in [0.1, 0.15) is 16.1 Å². The predicted octanol–water partition coefficient (Wildman–Crippen LogP) is 7.01. The molecule has 0 aliphatic rings. The number of hydrogen-bond acceptors (Lipinski definition) is 4. The van der Waals surface area contributed by atoms with Crippen LogP contribution in [0.4, 0.5) is 0 Å². The first-order chi connectivity index (χ1) is 12.1. The molecule has 1 aromatic rings. The highest BCUT2D eigenvalue weighted by Crippen LogP contribution is 2.48. The Labute approximate surface area is 178 Å². The van der Waals surface area contributed by atoms with Gasteiger partial charge in [-0.25, -0.2) is 0 Å². The highest BCUT2D eigenvalue weighted by molar-refractivity contribution is 6.55. The molecule has 0 saturated heterocycles. The van der Waals surface area contributed by atoms with E-state index in [1.165, 1.54) is 0 Å². The molecule has 1 atom stereocenters. The molecule has 146 valence electrons. The van der Waals surface area contributed by atoms with E-state index in [1.54, 1.807) is 0 Å². The zero-order valence-corrected chi connectivity index (χ0v) is 18.3. The molecule has 0 bridgehead atoms. The Morgan fingerprint density at radius 3 is 1.77 bits per heavy atom. The summed E-state index contributed by atoms with van der Waals surface area (Å²) in [6, 6.07) is 0. The Morgan fingerprint density at radius 1 is 0.846 bits per heavy atom. The average molecular weight is 465 g/mol. The molecular formula is C17H19Cl5O4. The molecule has 1 aromatic carbocycles. The van der Waals surface area contributed by atoms with Crippen molar-refractivity contribution in [2.24, 2.45) is 5.92 Å². The number of halogens is 5. The zero-order valence-electron chi connectivity index (χ0n) is 14.5. The summed E-state index contributed by atoms with van der Waals surface area (Å²) in [4.78, 5) is 23.8. The van der Waals surface area contributed by atoms with Crippen LogP contribution < -0.4 is 4.74 Å². The number of carbonyl (C=O) groups is 2. The Hall–Kier alpha value is -0.390. The van der Waals surface area contributed by atoms with E-state index in [9.17, 15) is 9.59 Å². The summed E-state index contributed by atoms with van der Waals surface area (Å²) in [5.41, 5.74) is 0. The first kappa shape index (κ1) is 23.6. The molecule has 0 saturated carbocycles. The van der Waals surface area contributed by atoms with Crippen molar-refractivity contribution in [2.45, 2.75) is 52.6 Å². The first-order valence-corrected chi connectivity index (χ1v) is 9.90. The highest BCUT2D eigenvalue weighted by atomic mass is 35.5. The Balaban J connectivity index is 2.60. The van der Waals surface area contributed by atoms with Crippen molar-refractivity contribution in [3.05, 3.63) is 25.1 Å². The molecule has 0 radical (unpaired) electrons. The number of hydrogen-bond donors (Lipinski definition) is 0. The van der Waals surface area contributed by atoms with Crippen LogP contribution in [0, 0.1) is 5.92 Å². The maximum atomic E-state index is 12.0. The molecule has 9 heteroatoms. The molecule has 0 fully saturated rings. The van der Waals surface area contributed by atoms with Crippen molar-refractivity contribution >= 4 is 69.9 Å². The lowest BCUT2D eigenvalue weighted by Crippen LogP contribution is -2.22. The van der Waals surface area contributed by atoms with E-state index in [-0.39, 0.29) is 68.1 Å². The molecule has 0 N–H and O–H groups in total. The lowest BCUT2D eigenvalue weighted by atomic mass is 10.1.